The zero-order valence-corrected chi connectivity index (χ0v) is 18.3. The molecule has 0 heterocycles. The Morgan fingerprint density at radius 2 is 1.41 bits per heavy atom. The molecule has 2 aromatic rings. The Labute approximate surface area is 176 Å². The van der Waals surface area contributed by atoms with E-state index in [1.165, 1.54) is 28.7 Å². The van der Waals surface area contributed by atoms with E-state index < -0.39 is 6.16 Å². The van der Waals surface area contributed by atoms with Crippen LogP contribution >= 0.6 is 0 Å². The molecular weight excluding hydrogens is 360 g/mol. The van der Waals surface area contributed by atoms with Gasteiger partial charge < -0.3 is 9.84 Å². The van der Waals surface area contributed by atoms with Gasteiger partial charge in [0.1, 0.15) is 5.75 Å². The molecule has 0 unspecified atom stereocenters. The molecule has 0 aliphatic carbocycles. The number of carboxylic acid groups (broad SMARTS) is 1. The van der Waals surface area contributed by atoms with Crippen LogP contribution in [0.4, 0.5) is 4.79 Å². The maximum absolute atomic E-state index is 11.3. The maximum atomic E-state index is 11.3. The van der Waals surface area contributed by atoms with Gasteiger partial charge in [0.15, 0.2) is 0 Å². The molecule has 0 aliphatic heterocycles. The summed E-state index contributed by atoms with van der Waals surface area (Å²) in [5.41, 5.74) is 6.24. The summed E-state index contributed by atoms with van der Waals surface area (Å²) >= 11 is 0. The first-order valence-electron chi connectivity index (χ1n) is 11.3. The first-order valence-corrected chi connectivity index (χ1v) is 11.3. The Bertz CT molecular complexity index is 780. The quantitative estimate of drug-likeness (QED) is 0.226. The van der Waals surface area contributed by atoms with Crippen LogP contribution < -0.4 is 4.74 Å². The zero-order chi connectivity index (χ0) is 21.1. The molecule has 3 nitrogen and oxygen atoms in total. The molecule has 158 valence electrons. The smallest absolute Gasteiger partial charge is 0.449 e. The van der Waals surface area contributed by atoms with Crippen LogP contribution in [0.1, 0.15) is 82.4 Å². The summed E-state index contributed by atoms with van der Waals surface area (Å²) in [6, 6.07) is 12.6. The van der Waals surface area contributed by atoms with E-state index in [1.807, 2.05) is 6.07 Å². The summed E-state index contributed by atoms with van der Waals surface area (Å²) in [5.74, 6) is 0.511. The van der Waals surface area contributed by atoms with Gasteiger partial charge in [-0.25, -0.2) is 4.79 Å². The highest BCUT2D eigenvalue weighted by Crippen LogP contribution is 2.36. The first-order chi connectivity index (χ1) is 14.1. The van der Waals surface area contributed by atoms with Crippen molar-refractivity contribution in [3.63, 3.8) is 0 Å². The summed E-state index contributed by atoms with van der Waals surface area (Å²) in [6.07, 6.45) is 9.51. The van der Waals surface area contributed by atoms with Gasteiger partial charge in [0.05, 0.1) is 0 Å². The zero-order valence-electron chi connectivity index (χ0n) is 18.3. The van der Waals surface area contributed by atoms with Gasteiger partial charge >= 0.3 is 6.16 Å². The molecule has 0 fully saturated rings. The van der Waals surface area contributed by atoms with Crippen LogP contribution in [0.15, 0.2) is 36.4 Å². The van der Waals surface area contributed by atoms with E-state index in [4.69, 9.17) is 4.74 Å². The number of ether oxygens (including phenoxy) is 1. The summed E-state index contributed by atoms with van der Waals surface area (Å²) < 4.78 is 5.21. The highest BCUT2D eigenvalue weighted by atomic mass is 16.7. The lowest BCUT2D eigenvalue weighted by molar-refractivity contribution is 0.144. The van der Waals surface area contributed by atoms with E-state index in [0.29, 0.717) is 5.75 Å². The molecule has 0 aromatic heterocycles. The van der Waals surface area contributed by atoms with E-state index in [9.17, 15) is 9.90 Å². The second-order valence-electron chi connectivity index (χ2n) is 7.76. The van der Waals surface area contributed by atoms with Crippen LogP contribution in [0.3, 0.4) is 0 Å². The van der Waals surface area contributed by atoms with Crippen molar-refractivity contribution in [3.8, 4) is 16.9 Å². The second kappa shape index (κ2) is 12.3. The van der Waals surface area contributed by atoms with Gasteiger partial charge in [-0.2, -0.15) is 0 Å². The standard InChI is InChI=1S/C26H36O3/c1-4-7-9-16-22-23(21-15-12-11-14-20(21)13-6-3)18-19-25(29-26(27)28)24(22)17-10-8-5-2/h11-12,14-15,18-19H,4-10,13,16-17H2,1-3H3,(H,27,28). The van der Waals surface area contributed by atoms with Gasteiger partial charge in [0.25, 0.3) is 0 Å². The highest BCUT2D eigenvalue weighted by molar-refractivity contribution is 5.74. The lowest BCUT2D eigenvalue weighted by Crippen LogP contribution is -2.09. The monoisotopic (exact) mass is 396 g/mol. The Kier molecular flexibility index (Phi) is 9.76. The number of benzene rings is 2. The fraction of sp³-hybridized carbons (Fsp3) is 0.500. The molecule has 29 heavy (non-hydrogen) atoms. The average molecular weight is 397 g/mol. The van der Waals surface area contributed by atoms with Crippen molar-refractivity contribution in [2.45, 2.75) is 85.0 Å². The Morgan fingerprint density at radius 1 is 0.759 bits per heavy atom. The summed E-state index contributed by atoms with van der Waals surface area (Å²) in [7, 11) is 0. The normalized spacial score (nSPS) is 10.9. The Hall–Kier alpha value is -2.29. The van der Waals surface area contributed by atoms with Crippen LogP contribution in [0.5, 0.6) is 5.75 Å². The fourth-order valence-corrected chi connectivity index (χ4v) is 4.05. The lowest BCUT2D eigenvalue weighted by Gasteiger charge is -2.20. The molecule has 0 atom stereocenters. The maximum Gasteiger partial charge on any atom is 0.511 e. The molecule has 3 heteroatoms. The van der Waals surface area contributed by atoms with Gasteiger partial charge in [-0.05, 0) is 66.0 Å². The topological polar surface area (TPSA) is 46.5 Å². The molecule has 0 radical (unpaired) electrons. The van der Waals surface area contributed by atoms with Gasteiger partial charge in [-0.3, -0.25) is 0 Å². The van der Waals surface area contributed by atoms with E-state index in [1.54, 1.807) is 0 Å². The highest BCUT2D eigenvalue weighted by Gasteiger charge is 2.18. The molecule has 2 aromatic carbocycles. The number of rotatable bonds is 12. The first kappa shape index (κ1) is 23.0. The second-order valence-corrected chi connectivity index (χ2v) is 7.76. The Morgan fingerprint density at radius 3 is 2.03 bits per heavy atom. The average Bonchev–Trinajstić information content (AvgIpc) is 2.70. The molecule has 0 saturated heterocycles. The number of hydrogen-bond acceptors (Lipinski definition) is 2. The van der Waals surface area contributed by atoms with Crippen molar-refractivity contribution in [2.24, 2.45) is 0 Å². The predicted octanol–water partition coefficient (Wildman–Crippen LogP) is 7.83. The minimum absolute atomic E-state index is 0.511. The van der Waals surface area contributed by atoms with Crippen LogP contribution in [-0.2, 0) is 19.3 Å². The van der Waals surface area contributed by atoms with Gasteiger partial charge in [0, 0.05) is 0 Å². The third kappa shape index (κ3) is 6.62. The van der Waals surface area contributed by atoms with E-state index >= 15 is 0 Å². The predicted molar refractivity (Wildman–Crippen MR) is 121 cm³/mol. The minimum atomic E-state index is -1.24. The van der Waals surface area contributed by atoms with Crippen molar-refractivity contribution in [1.82, 2.24) is 0 Å². The molecule has 1 N–H and O–H groups in total. The van der Waals surface area contributed by atoms with E-state index in [0.717, 1.165) is 63.4 Å². The molecule has 0 amide bonds. The fourth-order valence-electron chi connectivity index (χ4n) is 4.05. The number of hydrogen-bond donors (Lipinski definition) is 1. The van der Waals surface area contributed by atoms with E-state index in [2.05, 4.69) is 51.1 Å². The number of unbranched alkanes of at least 4 members (excludes halogenated alkanes) is 4. The van der Waals surface area contributed by atoms with Gasteiger partial charge in [-0.15, -0.1) is 0 Å². The molecule has 0 aliphatic rings. The molecular formula is C26H36O3. The van der Waals surface area contributed by atoms with Crippen LogP contribution in [0.2, 0.25) is 0 Å². The number of carbonyl (C=O) groups is 1. The minimum Gasteiger partial charge on any atom is -0.449 e. The van der Waals surface area contributed by atoms with Crippen LogP contribution in [-0.4, -0.2) is 11.3 Å². The van der Waals surface area contributed by atoms with Crippen molar-refractivity contribution in [1.29, 1.82) is 0 Å². The van der Waals surface area contributed by atoms with Crippen LogP contribution in [0.25, 0.3) is 11.1 Å². The van der Waals surface area contributed by atoms with E-state index in [-0.39, 0.29) is 0 Å². The largest absolute Gasteiger partial charge is 0.511 e. The molecule has 2 rings (SSSR count). The Balaban J connectivity index is 2.59. The lowest BCUT2D eigenvalue weighted by atomic mass is 9.86. The SMILES string of the molecule is CCCCCc1c(OC(=O)O)ccc(-c2ccccc2CCC)c1CCCCC. The van der Waals surface area contributed by atoms with Crippen molar-refractivity contribution >= 4 is 6.16 Å². The van der Waals surface area contributed by atoms with Crippen LogP contribution in [0, 0.1) is 0 Å². The molecule has 0 spiro atoms. The summed E-state index contributed by atoms with van der Waals surface area (Å²) in [4.78, 5) is 11.3. The number of aryl methyl sites for hydroxylation is 1. The van der Waals surface area contributed by atoms with Gasteiger partial charge in [0.2, 0.25) is 0 Å². The van der Waals surface area contributed by atoms with Crippen molar-refractivity contribution in [3.05, 3.63) is 53.1 Å². The van der Waals surface area contributed by atoms with Crippen molar-refractivity contribution in [2.75, 3.05) is 0 Å². The van der Waals surface area contributed by atoms with Crippen molar-refractivity contribution < 1.29 is 14.6 Å². The molecule has 0 bridgehead atoms. The molecule has 0 saturated carbocycles. The third-order valence-electron chi connectivity index (χ3n) is 5.47. The summed E-state index contributed by atoms with van der Waals surface area (Å²) in [6.45, 7) is 6.61. The van der Waals surface area contributed by atoms with Gasteiger partial charge in [-0.1, -0.05) is 83.2 Å². The third-order valence-corrected chi connectivity index (χ3v) is 5.47. The summed E-state index contributed by atoms with van der Waals surface area (Å²) in [5, 5.41) is 9.25.